The molecule has 0 fully saturated rings. The van der Waals surface area contributed by atoms with Crippen LogP contribution < -0.4 is 28.4 Å². The van der Waals surface area contributed by atoms with Gasteiger partial charge in [0.15, 0.2) is 23.0 Å². The summed E-state index contributed by atoms with van der Waals surface area (Å²) in [5, 5.41) is 0. The average Bonchev–Trinajstić information content (AvgIpc) is 2.78. The predicted molar refractivity (Wildman–Crippen MR) is 119 cm³/mol. The summed E-state index contributed by atoms with van der Waals surface area (Å²) in [4.78, 5) is 0. The molecule has 0 aliphatic heterocycles. The summed E-state index contributed by atoms with van der Waals surface area (Å²) in [6, 6.07) is 7.59. The Hall–Kier alpha value is -3.02. The van der Waals surface area contributed by atoms with Crippen molar-refractivity contribution in [3.8, 4) is 34.5 Å². The van der Waals surface area contributed by atoms with Crippen molar-refractivity contribution in [1.29, 1.82) is 0 Å². The molecule has 6 nitrogen and oxygen atoms in total. The lowest BCUT2D eigenvalue weighted by molar-refractivity contribution is 0.346. The van der Waals surface area contributed by atoms with Crippen LogP contribution in [0.25, 0.3) is 6.08 Å². The zero-order chi connectivity index (χ0) is 22.3. The Morgan fingerprint density at radius 3 is 1.57 bits per heavy atom. The van der Waals surface area contributed by atoms with Crippen LogP contribution in [0.3, 0.4) is 0 Å². The van der Waals surface area contributed by atoms with Crippen molar-refractivity contribution in [1.82, 2.24) is 0 Å². The van der Waals surface area contributed by atoms with Gasteiger partial charge in [0.2, 0.25) is 0 Å². The van der Waals surface area contributed by atoms with Crippen LogP contribution in [0.15, 0.2) is 29.8 Å². The maximum atomic E-state index is 5.66. The average molecular weight is 417 g/mol. The number of benzene rings is 2. The molecule has 2 aromatic carbocycles. The van der Waals surface area contributed by atoms with E-state index in [0.29, 0.717) is 28.7 Å². The Morgan fingerprint density at radius 1 is 0.667 bits per heavy atom. The molecule has 164 valence electrons. The number of ether oxygens (including phenoxy) is 6. The van der Waals surface area contributed by atoms with E-state index in [1.54, 1.807) is 42.7 Å². The van der Waals surface area contributed by atoms with Crippen molar-refractivity contribution in [2.75, 3.05) is 42.7 Å². The normalized spacial score (nSPS) is 12.2. The molecular formula is C24H32O6. The standard InChI is InChI=1S/C24H32O6/c1-9-17(18-12-22(28-6)24(30-8)14-20(18)26-4)15(2)10-16-11-21(27-5)23(29-7)13-19(16)25-3/h10-14,17H,9H2,1-8H3. The number of hydrogen-bond acceptors (Lipinski definition) is 6. The minimum Gasteiger partial charge on any atom is -0.496 e. The number of rotatable bonds is 10. The van der Waals surface area contributed by atoms with Crippen LogP contribution in [-0.2, 0) is 0 Å². The van der Waals surface area contributed by atoms with Gasteiger partial charge in [-0.3, -0.25) is 0 Å². The topological polar surface area (TPSA) is 55.4 Å². The van der Waals surface area contributed by atoms with E-state index < -0.39 is 0 Å². The molecule has 6 heteroatoms. The largest absolute Gasteiger partial charge is 0.496 e. The summed E-state index contributed by atoms with van der Waals surface area (Å²) in [5.74, 6) is 4.15. The van der Waals surface area contributed by atoms with Gasteiger partial charge in [-0.05, 0) is 25.5 Å². The first-order valence-electron chi connectivity index (χ1n) is 9.75. The summed E-state index contributed by atoms with van der Waals surface area (Å²) in [7, 11) is 9.77. The molecule has 0 saturated carbocycles. The van der Waals surface area contributed by atoms with Gasteiger partial charge in [-0.1, -0.05) is 18.6 Å². The van der Waals surface area contributed by atoms with Crippen molar-refractivity contribution in [2.24, 2.45) is 0 Å². The fourth-order valence-electron chi connectivity index (χ4n) is 3.62. The number of allylic oxidation sites excluding steroid dienone is 1. The van der Waals surface area contributed by atoms with Gasteiger partial charge in [0.25, 0.3) is 0 Å². The van der Waals surface area contributed by atoms with E-state index in [4.69, 9.17) is 28.4 Å². The van der Waals surface area contributed by atoms with Crippen molar-refractivity contribution >= 4 is 6.08 Å². The highest BCUT2D eigenvalue weighted by molar-refractivity contribution is 5.66. The molecule has 2 aromatic rings. The zero-order valence-corrected chi connectivity index (χ0v) is 19.1. The number of methoxy groups -OCH3 is 6. The van der Waals surface area contributed by atoms with Crippen LogP contribution in [0.2, 0.25) is 0 Å². The number of hydrogen-bond donors (Lipinski definition) is 0. The third-order valence-corrected chi connectivity index (χ3v) is 5.19. The minimum atomic E-state index is 0.109. The molecule has 0 aliphatic carbocycles. The van der Waals surface area contributed by atoms with E-state index in [1.165, 1.54) is 0 Å². The first-order valence-corrected chi connectivity index (χ1v) is 9.75. The van der Waals surface area contributed by atoms with E-state index in [1.807, 2.05) is 24.3 Å². The van der Waals surface area contributed by atoms with Gasteiger partial charge in [0, 0.05) is 29.2 Å². The van der Waals surface area contributed by atoms with Crippen LogP contribution in [0, 0.1) is 0 Å². The molecule has 2 rings (SSSR count). The summed E-state index contributed by atoms with van der Waals surface area (Å²) >= 11 is 0. The molecular weight excluding hydrogens is 384 g/mol. The third kappa shape index (κ3) is 4.75. The third-order valence-electron chi connectivity index (χ3n) is 5.19. The van der Waals surface area contributed by atoms with Crippen molar-refractivity contribution in [2.45, 2.75) is 26.2 Å². The molecule has 1 unspecified atom stereocenters. The maximum Gasteiger partial charge on any atom is 0.164 e. The van der Waals surface area contributed by atoms with Gasteiger partial charge in [0.05, 0.1) is 42.7 Å². The van der Waals surface area contributed by atoms with Gasteiger partial charge in [-0.25, -0.2) is 0 Å². The van der Waals surface area contributed by atoms with E-state index in [2.05, 4.69) is 19.9 Å². The highest BCUT2D eigenvalue weighted by Crippen LogP contribution is 2.43. The van der Waals surface area contributed by atoms with Crippen molar-refractivity contribution < 1.29 is 28.4 Å². The first-order chi connectivity index (χ1) is 14.5. The molecule has 30 heavy (non-hydrogen) atoms. The molecule has 0 spiro atoms. The second-order valence-corrected chi connectivity index (χ2v) is 6.75. The van der Waals surface area contributed by atoms with E-state index in [0.717, 1.165) is 28.9 Å². The second-order valence-electron chi connectivity index (χ2n) is 6.75. The molecule has 1 atom stereocenters. The minimum absolute atomic E-state index is 0.109. The summed E-state index contributed by atoms with van der Waals surface area (Å²) in [6.45, 7) is 4.24. The molecule has 0 saturated heterocycles. The molecule has 0 bridgehead atoms. The highest BCUT2D eigenvalue weighted by Gasteiger charge is 2.21. The lowest BCUT2D eigenvalue weighted by Gasteiger charge is -2.22. The lowest BCUT2D eigenvalue weighted by atomic mass is 9.87. The molecule has 0 N–H and O–H groups in total. The van der Waals surface area contributed by atoms with Crippen LogP contribution >= 0.6 is 0 Å². The van der Waals surface area contributed by atoms with Gasteiger partial charge in [-0.15, -0.1) is 0 Å². The Balaban J connectivity index is 2.58. The van der Waals surface area contributed by atoms with Crippen LogP contribution in [0.4, 0.5) is 0 Å². The van der Waals surface area contributed by atoms with Crippen LogP contribution in [-0.4, -0.2) is 42.7 Å². The van der Waals surface area contributed by atoms with E-state index in [9.17, 15) is 0 Å². The summed E-state index contributed by atoms with van der Waals surface area (Å²) < 4.78 is 33.0. The maximum absolute atomic E-state index is 5.66. The Bertz CT molecular complexity index is 888. The van der Waals surface area contributed by atoms with Crippen LogP contribution in [0.1, 0.15) is 37.3 Å². The van der Waals surface area contributed by atoms with Crippen LogP contribution in [0.5, 0.6) is 34.5 Å². The lowest BCUT2D eigenvalue weighted by Crippen LogP contribution is -2.04. The Labute approximate surface area is 179 Å². The Kier molecular flexibility index (Phi) is 8.27. The second kappa shape index (κ2) is 10.7. The van der Waals surface area contributed by atoms with Crippen molar-refractivity contribution in [3.63, 3.8) is 0 Å². The summed E-state index contributed by atoms with van der Waals surface area (Å²) in [5.41, 5.74) is 3.09. The highest BCUT2D eigenvalue weighted by atomic mass is 16.5. The summed E-state index contributed by atoms with van der Waals surface area (Å²) in [6.07, 6.45) is 2.98. The quantitative estimate of drug-likeness (QED) is 0.521. The molecule has 0 radical (unpaired) electrons. The molecule has 0 heterocycles. The van der Waals surface area contributed by atoms with Gasteiger partial charge in [0.1, 0.15) is 11.5 Å². The van der Waals surface area contributed by atoms with Gasteiger partial charge < -0.3 is 28.4 Å². The fourth-order valence-corrected chi connectivity index (χ4v) is 3.62. The fraction of sp³-hybridized carbons (Fsp3) is 0.417. The zero-order valence-electron chi connectivity index (χ0n) is 19.1. The predicted octanol–water partition coefficient (Wildman–Crippen LogP) is 5.34. The smallest absolute Gasteiger partial charge is 0.164 e. The van der Waals surface area contributed by atoms with Gasteiger partial charge >= 0.3 is 0 Å². The van der Waals surface area contributed by atoms with Crippen molar-refractivity contribution in [3.05, 3.63) is 41.0 Å². The monoisotopic (exact) mass is 416 g/mol. The SMILES string of the molecule is CCC(C(C)=Cc1cc(OC)c(OC)cc1OC)c1cc(OC)c(OC)cc1OC. The molecule has 0 aliphatic rings. The van der Waals surface area contributed by atoms with E-state index in [-0.39, 0.29) is 5.92 Å². The molecule has 0 aromatic heterocycles. The first kappa shape index (κ1) is 23.3. The van der Waals surface area contributed by atoms with E-state index >= 15 is 0 Å². The molecule has 0 amide bonds. The Morgan fingerprint density at radius 2 is 1.10 bits per heavy atom. The van der Waals surface area contributed by atoms with Gasteiger partial charge in [-0.2, -0.15) is 0 Å².